The lowest BCUT2D eigenvalue weighted by atomic mass is 9.82. The summed E-state index contributed by atoms with van der Waals surface area (Å²) in [6.45, 7) is 4.24. The lowest BCUT2D eigenvalue weighted by Crippen LogP contribution is -2.52. The van der Waals surface area contributed by atoms with Gasteiger partial charge in [0, 0.05) is 31.2 Å². The third kappa shape index (κ3) is 6.78. The van der Waals surface area contributed by atoms with Crippen molar-refractivity contribution in [1.29, 1.82) is 0 Å². The van der Waals surface area contributed by atoms with E-state index in [9.17, 15) is 8.42 Å². The zero-order chi connectivity index (χ0) is 23.3. The Hall–Kier alpha value is -1.96. The number of nitrogens with one attached hydrogen (secondary N) is 1. The van der Waals surface area contributed by atoms with Gasteiger partial charge in [-0.3, -0.25) is 0 Å². The minimum absolute atomic E-state index is 0.0902. The van der Waals surface area contributed by atoms with Crippen LogP contribution in [0.15, 0.2) is 48.7 Å². The van der Waals surface area contributed by atoms with E-state index in [1.165, 1.54) is 17.4 Å². The highest BCUT2D eigenvalue weighted by atomic mass is 32.2. The first-order valence-electron chi connectivity index (χ1n) is 12.2. The Bertz CT molecular complexity index is 991. The van der Waals surface area contributed by atoms with Crippen LogP contribution in [-0.4, -0.2) is 51.5 Å². The van der Waals surface area contributed by atoms with Crippen molar-refractivity contribution in [3.63, 3.8) is 0 Å². The van der Waals surface area contributed by atoms with E-state index in [1.54, 1.807) is 0 Å². The van der Waals surface area contributed by atoms with Crippen LogP contribution in [0.5, 0.6) is 0 Å². The van der Waals surface area contributed by atoms with E-state index in [4.69, 9.17) is 4.74 Å². The first-order chi connectivity index (χ1) is 15.9. The Balaban J connectivity index is 1.37. The predicted octanol–water partition coefficient (Wildman–Crippen LogP) is 4.13. The quantitative estimate of drug-likeness (QED) is 0.627. The molecule has 2 aliphatic rings. The van der Waals surface area contributed by atoms with Crippen LogP contribution in [0.25, 0.3) is 0 Å². The summed E-state index contributed by atoms with van der Waals surface area (Å²) in [5.74, 6) is 1.68. The Morgan fingerprint density at radius 2 is 1.85 bits per heavy atom. The van der Waals surface area contributed by atoms with Crippen LogP contribution in [0.3, 0.4) is 0 Å². The van der Waals surface area contributed by atoms with Gasteiger partial charge in [-0.15, -0.1) is 0 Å². The number of pyridine rings is 1. The van der Waals surface area contributed by atoms with Crippen LogP contribution < -0.4 is 9.62 Å². The lowest BCUT2D eigenvalue weighted by molar-refractivity contribution is -0.00213. The zero-order valence-corrected chi connectivity index (χ0v) is 20.6. The molecule has 1 aromatic carbocycles. The number of aryl methyl sites for hydroxylation is 1. The van der Waals surface area contributed by atoms with Crippen LogP contribution in [0.1, 0.15) is 56.1 Å². The van der Waals surface area contributed by atoms with Crippen molar-refractivity contribution in [3.05, 3.63) is 59.8 Å². The Morgan fingerprint density at radius 3 is 2.55 bits per heavy atom. The van der Waals surface area contributed by atoms with E-state index in [-0.39, 0.29) is 18.1 Å². The second kappa shape index (κ2) is 11.0. The SMILES string of the molecule is CCc1ccnc(N2CCC(NS(C)(=O)=O)[C@H](CO[C@H]3CC[C@@H](c4ccccc4)CC3)C2)c1. The molecule has 2 atom stereocenters. The van der Waals surface area contributed by atoms with Crippen molar-refractivity contribution >= 4 is 15.8 Å². The monoisotopic (exact) mass is 471 g/mol. The fourth-order valence-electron chi connectivity index (χ4n) is 5.24. The maximum Gasteiger partial charge on any atom is 0.208 e. The van der Waals surface area contributed by atoms with E-state index < -0.39 is 10.0 Å². The van der Waals surface area contributed by atoms with Gasteiger partial charge in [0.15, 0.2) is 0 Å². The molecule has 1 aliphatic carbocycles. The Kier molecular flexibility index (Phi) is 8.04. The predicted molar refractivity (Wildman–Crippen MR) is 133 cm³/mol. The molecule has 0 bridgehead atoms. The van der Waals surface area contributed by atoms with Crippen molar-refractivity contribution in [1.82, 2.24) is 9.71 Å². The summed E-state index contributed by atoms with van der Waals surface area (Å²) in [7, 11) is -3.27. The van der Waals surface area contributed by atoms with Crippen molar-refractivity contribution in [2.24, 2.45) is 5.92 Å². The first-order valence-corrected chi connectivity index (χ1v) is 14.1. The largest absolute Gasteiger partial charge is 0.378 e. The highest BCUT2D eigenvalue weighted by Gasteiger charge is 2.33. The molecule has 33 heavy (non-hydrogen) atoms. The molecule has 180 valence electrons. The van der Waals surface area contributed by atoms with Gasteiger partial charge < -0.3 is 9.64 Å². The van der Waals surface area contributed by atoms with Crippen molar-refractivity contribution in [2.75, 3.05) is 30.9 Å². The molecule has 7 heteroatoms. The molecule has 0 spiro atoms. The molecule has 0 radical (unpaired) electrons. The fourth-order valence-corrected chi connectivity index (χ4v) is 6.10. The van der Waals surface area contributed by atoms with E-state index >= 15 is 0 Å². The number of ether oxygens (including phenoxy) is 1. The van der Waals surface area contributed by atoms with Gasteiger partial charge in [-0.1, -0.05) is 37.3 Å². The molecule has 1 N–H and O–H groups in total. The third-order valence-electron chi connectivity index (χ3n) is 7.13. The highest BCUT2D eigenvalue weighted by molar-refractivity contribution is 7.88. The van der Waals surface area contributed by atoms with Gasteiger partial charge in [-0.25, -0.2) is 18.1 Å². The van der Waals surface area contributed by atoms with Gasteiger partial charge in [0.25, 0.3) is 0 Å². The van der Waals surface area contributed by atoms with E-state index in [1.807, 2.05) is 12.3 Å². The highest BCUT2D eigenvalue weighted by Crippen LogP contribution is 2.34. The molecule has 1 aliphatic heterocycles. The number of hydrogen-bond donors (Lipinski definition) is 1. The van der Waals surface area contributed by atoms with Gasteiger partial charge in [0.2, 0.25) is 10.0 Å². The van der Waals surface area contributed by atoms with Crippen LogP contribution in [0.4, 0.5) is 5.82 Å². The Morgan fingerprint density at radius 1 is 1.09 bits per heavy atom. The molecule has 2 aromatic rings. The molecular formula is C26H37N3O3S. The molecule has 1 saturated carbocycles. The summed E-state index contributed by atoms with van der Waals surface area (Å²) in [6, 6.07) is 14.9. The van der Waals surface area contributed by atoms with Gasteiger partial charge in [0.05, 0.1) is 19.0 Å². The summed E-state index contributed by atoms with van der Waals surface area (Å²) < 4.78 is 33.2. The summed E-state index contributed by atoms with van der Waals surface area (Å²) >= 11 is 0. The average Bonchev–Trinajstić information content (AvgIpc) is 2.83. The maximum absolute atomic E-state index is 12.0. The summed E-state index contributed by atoms with van der Waals surface area (Å²) in [6.07, 6.45) is 9.48. The Labute approximate surface area is 198 Å². The molecule has 2 heterocycles. The average molecular weight is 472 g/mol. The first kappa shape index (κ1) is 24.2. The van der Waals surface area contributed by atoms with Gasteiger partial charge in [-0.05, 0) is 67.7 Å². The number of piperidine rings is 1. The maximum atomic E-state index is 12.0. The van der Waals surface area contributed by atoms with Gasteiger partial charge >= 0.3 is 0 Å². The number of anilines is 1. The lowest BCUT2D eigenvalue weighted by Gasteiger charge is -2.40. The summed E-state index contributed by atoms with van der Waals surface area (Å²) in [4.78, 5) is 6.86. The molecule has 2 fully saturated rings. The van der Waals surface area contributed by atoms with Crippen molar-refractivity contribution in [2.45, 2.75) is 63.5 Å². The van der Waals surface area contributed by atoms with Crippen molar-refractivity contribution < 1.29 is 13.2 Å². The van der Waals surface area contributed by atoms with E-state index in [0.29, 0.717) is 12.5 Å². The summed E-state index contributed by atoms with van der Waals surface area (Å²) in [5.41, 5.74) is 2.69. The second-order valence-corrected chi connectivity index (χ2v) is 11.4. The molecule has 6 nitrogen and oxygen atoms in total. The molecule has 0 amide bonds. The van der Waals surface area contributed by atoms with E-state index in [2.05, 4.69) is 57.9 Å². The molecule has 4 rings (SSSR count). The number of rotatable bonds is 8. The minimum atomic E-state index is -3.27. The smallest absolute Gasteiger partial charge is 0.208 e. The zero-order valence-electron chi connectivity index (χ0n) is 19.8. The fraction of sp³-hybridized carbons (Fsp3) is 0.577. The molecule has 1 aromatic heterocycles. The number of aromatic nitrogens is 1. The van der Waals surface area contributed by atoms with Crippen LogP contribution in [0, 0.1) is 5.92 Å². The third-order valence-corrected chi connectivity index (χ3v) is 7.86. The van der Waals surface area contributed by atoms with Gasteiger partial charge in [-0.2, -0.15) is 0 Å². The van der Waals surface area contributed by atoms with E-state index in [0.717, 1.165) is 57.4 Å². The molecule has 1 saturated heterocycles. The number of benzene rings is 1. The number of sulfonamides is 1. The standard InChI is InChI=1S/C26H37N3O3S/c1-3-20-13-15-27-26(17-20)29-16-14-25(28-33(2,30)31)23(18-29)19-32-24-11-9-22(10-12-24)21-7-5-4-6-8-21/h4-8,13,15,17,22-25,28H,3,9-12,14,16,18-19H2,1-2H3/t22-,23-,24+,25?/m0/s1. The van der Waals surface area contributed by atoms with Crippen molar-refractivity contribution in [3.8, 4) is 0 Å². The van der Waals surface area contributed by atoms with Crippen LogP contribution in [-0.2, 0) is 21.2 Å². The molecule has 1 unspecified atom stereocenters. The topological polar surface area (TPSA) is 71.5 Å². The van der Waals surface area contributed by atoms with Crippen LogP contribution in [0.2, 0.25) is 0 Å². The minimum Gasteiger partial charge on any atom is -0.378 e. The van der Waals surface area contributed by atoms with Crippen LogP contribution >= 0.6 is 0 Å². The normalized spacial score (nSPS) is 26.3. The number of hydrogen-bond acceptors (Lipinski definition) is 5. The molecular weight excluding hydrogens is 434 g/mol. The summed E-state index contributed by atoms with van der Waals surface area (Å²) in [5, 5.41) is 0. The van der Waals surface area contributed by atoms with Gasteiger partial charge in [0.1, 0.15) is 5.82 Å². The second-order valence-electron chi connectivity index (χ2n) is 9.58. The number of nitrogens with zero attached hydrogens (tertiary/aromatic N) is 2.